The van der Waals surface area contributed by atoms with Crippen LogP contribution in [0.2, 0.25) is 5.02 Å². The standard InChI is InChI=1S/C21H16ClFN2O2/c1-26-16-5-6-17(18(22)11-16)13-3-8-20-14(9-13)12-24-25(20)15-4-7-19(23)21(10-15)27-2/h3-12H,1-2H3. The fourth-order valence-electron chi connectivity index (χ4n) is 3.04. The molecule has 0 amide bonds. The number of hydrogen-bond acceptors (Lipinski definition) is 3. The molecule has 3 aromatic carbocycles. The molecule has 0 spiro atoms. The van der Waals surface area contributed by atoms with E-state index in [2.05, 4.69) is 5.10 Å². The summed E-state index contributed by atoms with van der Waals surface area (Å²) in [5.74, 6) is 0.481. The smallest absolute Gasteiger partial charge is 0.165 e. The second-order valence-corrected chi connectivity index (χ2v) is 6.40. The van der Waals surface area contributed by atoms with Gasteiger partial charge in [0.25, 0.3) is 0 Å². The lowest BCUT2D eigenvalue weighted by atomic mass is 10.0. The summed E-state index contributed by atoms with van der Waals surface area (Å²) in [7, 11) is 3.05. The van der Waals surface area contributed by atoms with E-state index in [1.807, 2.05) is 30.3 Å². The Morgan fingerprint density at radius 2 is 1.81 bits per heavy atom. The third kappa shape index (κ3) is 3.11. The molecular formula is C21H16ClFN2O2. The average molecular weight is 383 g/mol. The van der Waals surface area contributed by atoms with Crippen molar-refractivity contribution < 1.29 is 13.9 Å². The Hall–Kier alpha value is -3.05. The van der Waals surface area contributed by atoms with Crippen molar-refractivity contribution in [3.8, 4) is 28.3 Å². The van der Waals surface area contributed by atoms with E-state index in [1.165, 1.54) is 13.2 Å². The molecule has 0 saturated carbocycles. The Morgan fingerprint density at radius 1 is 0.963 bits per heavy atom. The first-order chi connectivity index (χ1) is 13.1. The average Bonchev–Trinajstić information content (AvgIpc) is 3.11. The number of ether oxygens (including phenoxy) is 2. The van der Waals surface area contributed by atoms with Crippen LogP contribution in [0.15, 0.2) is 60.8 Å². The fourth-order valence-corrected chi connectivity index (χ4v) is 3.32. The fraction of sp³-hybridized carbons (Fsp3) is 0.0952. The van der Waals surface area contributed by atoms with Gasteiger partial charge in [0.15, 0.2) is 11.6 Å². The van der Waals surface area contributed by atoms with Gasteiger partial charge in [-0.3, -0.25) is 0 Å². The van der Waals surface area contributed by atoms with Gasteiger partial charge in [-0.15, -0.1) is 0 Å². The second-order valence-electron chi connectivity index (χ2n) is 5.99. The van der Waals surface area contributed by atoms with Gasteiger partial charge >= 0.3 is 0 Å². The van der Waals surface area contributed by atoms with Crippen molar-refractivity contribution in [2.45, 2.75) is 0 Å². The maximum Gasteiger partial charge on any atom is 0.165 e. The zero-order chi connectivity index (χ0) is 19.0. The Bertz CT molecular complexity index is 1140. The van der Waals surface area contributed by atoms with E-state index in [9.17, 15) is 4.39 Å². The van der Waals surface area contributed by atoms with Crippen LogP contribution in [-0.2, 0) is 0 Å². The molecule has 0 N–H and O–H groups in total. The third-order valence-corrected chi connectivity index (χ3v) is 4.75. The molecule has 0 aliphatic rings. The summed E-state index contributed by atoms with van der Waals surface area (Å²) in [5, 5.41) is 6.00. The van der Waals surface area contributed by atoms with Crippen molar-refractivity contribution >= 4 is 22.5 Å². The van der Waals surface area contributed by atoms with Gasteiger partial charge in [-0.25, -0.2) is 9.07 Å². The number of rotatable bonds is 4. The number of aromatic nitrogens is 2. The van der Waals surface area contributed by atoms with Crippen LogP contribution in [0.4, 0.5) is 4.39 Å². The number of methoxy groups -OCH3 is 2. The Balaban J connectivity index is 1.78. The molecule has 4 rings (SSSR count). The van der Waals surface area contributed by atoms with Gasteiger partial charge in [-0.2, -0.15) is 5.10 Å². The molecule has 0 aliphatic carbocycles. The second kappa shape index (κ2) is 6.93. The minimum atomic E-state index is -0.408. The summed E-state index contributed by atoms with van der Waals surface area (Å²) in [5.41, 5.74) is 3.51. The van der Waals surface area contributed by atoms with E-state index in [0.717, 1.165) is 27.7 Å². The topological polar surface area (TPSA) is 36.3 Å². The Kier molecular flexibility index (Phi) is 4.46. The minimum absolute atomic E-state index is 0.179. The summed E-state index contributed by atoms with van der Waals surface area (Å²) >= 11 is 6.39. The van der Waals surface area contributed by atoms with Crippen LogP contribution < -0.4 is 9.47 Å². The molecule has 0 saturated heterocycles. The van der Waals surface area contributed by atoms with Gasteiger partial charge in [-0.1, -0.05) is 17.7 Å². The highest BCUT2D eigenvalue weighted by molar-refractivity contribution is 6.33. The molecule has 136 valence electrons. The van der Waals surface area contributed by atoms with Crippen LogP contribution >= 0.6 is 11.6 Å². The zero-order valence-corrected chi connectivity index (χ0v) is 15.5. The van der Waals surface area contributed by atoms with Crippen molar-refractivity contribution in [2.75, 3.05) is 14.2 Å². The van der Waals surface area contributed by atoms with E-state index >= 15 is 0 Å². The van der Waals surface area contributed by atoms with Gasteiger partial charge in [-0.05, 0) is 48.0 Å². The molecule has 0 aliphatic heterocycles. The van der Waals surface area contributed by atoms with Gasteiger partial charge in [0.05, 0.1) is 36.6 Å². The largest absolute Gasteiger partial charge is 0.497 e. The molecule has 0 atom stereocenters. The van der Waals surface area contributed by atoms with Crippen LogP contribution in [0.3, 0.4) is 0 Å². The first kappa shape index (κ1) is 17.4. The van der Waals surface area contributed by atoms with Gasteiger partial charge in [0.2, 0.25) is 0 Å². The number of nitrogens with zero attached hydrogens (tertiary/aromatic N) is 2. The maximum atomic E-state index is 13.7. The zero-order valence-electron chi connectivity index (χ0n) is 14.7. The van der Waals surface area contributed by atoms with E-state index in [4.69, 9.17) is 21.1 Å². The van der Waals surface area contributed by atoms with E-state index in [0.29, 0.717) is 10.8 Å². The molecule has 4 aromatic rings. The lowest BCUT2D eigenvalue weighted by molar-refractivity contribution is 0.386. The maximum absolute atomic E-state index is 13.7. The lowest BCUT2D eigenvalue weighted by Gasteiger charge is -2.09. The van der Waals surface area contributed by atoms with E-state index in [1.54, 1.807) is 36.2 Å². The highest BCUT2D eigenvalue weighted by Gasteiger charge is 2.11. The molecule has 6 heteroatoms. The molecule has 1 aromatic heterocycles. The monoisotopic (exact) mass is 382 g/mol. The molecule has 4 nitrogen and oxygen atoms in total. The first-order valence-electron chi connectivity index (χ1n) is 8.26. The Morgan fingerprint density at radius 3 is 2.56 bits per heavy atom. The molecule has 0 radical (unpaired) electrons. The summed E-state index contributed by atoms with van der Waals surface area (Å²) in [6, 6.07) is 16.2. The highest BCUT2D eigenvalue weighted by atomic mass is 35.5. The lowest BCUT2D eigenvalue weighted by Crippen LogP contribution is -1.98. The normalized spacial score (nSPS) is 11.0. The van der Waals surface area contributed by atoms with E-state index < -0.39 is 5.82 Å². The SMILES string of the molecule is COc1ccc(-c2ccc3c(cnn3-c3ccc(F)c(OC)c3)c2)c(Cl)c1. The van der Waals surface area contributed by atoms with Crippen molar-refractivity contribution in [3.05, 3.63) is 71.6 Å². The van der Waals surface area contributed by atoms with Crippen LogP contribution in [-0.4, -0.2) is 24.0 Å². The quantitative estimate of drug-likeness (QED) is 0.467. The van der Waals surface area contributed by atoms with Crippen molar-refractivity contribution in [2.24, 2.45) is 0 Å². The predicted molar refractivity (Wildman–Crippen MR) is 105 cm³/mol. The summed E-state index contributed by atoms with van der Waals surface area (Å²) in [4.78, 5) is 0. The van der Waals surface area contributed by atoms with E-state index in [-0.39, 0.29) is 5.75 Å². The van der Waals surface area contributed by atoms with Crippen LogP contribution in [0.1, 0.15) is 0 Å². The number of halogens is 2. The van der Waals surface area contributed by atoms with Crippen molar-refractivity contribution in [1.82, 2.24) is 9.78 Å². The number of fused-ring (bicyclic) bond motifs is 1. The van der Waals surface area contributed by atoms with Crippen molar-refractivity contribution in [1.29, 1.82) is 0 Å². The molecule has 0 bridgehead atoms. The third-order valence-electron chi connectivity index (χ3n) is 4.43. The molecule has 0 unspecified atom stereocenters. The minimum Gasteiger partial charge on any atom is -0.497 e. The molecular weight excluding hydrogens is 367 g/mol. The number of benzene rings is 3. The molecule has 27 heavy (non-hydrogen) atoms. The Labute approximate surface area is 160 Å². The first-order valence-corrected chi connectivity index (χ1v) is 8.64. The summed E-state index contributed by atoms with van der Waals surface area (Å²) < 4.78 is 25.7. The van der Waals surface area contributed by atoms with Gasteiger partial charge < -0.3 is 9.47 Å². The highest BCUT2D eigenvalue weighted by Crippen LogP contribution is 2.33. The van der Waals surface area contributed by atoms with Crippen LogP contribution in [0.25, 0.3) is 27.7 Å². The van der Waals surface area contributed by atoms with Gasteiger partial charge in [0, 0.05) is 17.0 Å². The molecule has 0 fully saturated rings. The van der Waals surface area contributed by atoms with Gasteiger partial charge in [0.1, 0.15) is 5.75 Å². The predicted octanol–water partition coefficient (Wildman–Crippen LogP) is 5.50. The van der Waals surface area contributed by atoms with Crippen LogP contribution in [0.5, 0.6) is 11.5 Å². The summed E-state index contributed by atoms with van der Waals surface area (Å²) in [6.07, 6.45) is 1.77. The molecule has 1 heterocycles. The summed E-state index contributed by atoms with van der Waals surface area (Å²) in [6.45, 7) is 0. The number of hydrogen-bond donors (Lipinski definition) is 0. The van der Waals surface area contributed by atoms with Crippen LogP contribution in [0, 0.1) is 5.82 Å². The van der Waals surface area contributed by atoms with Crippen molar-refractivity contribution in [3.63, 3.8) is 0 Å².